The van der Waals surface area contributed by atoms with Crippen LogP contribution >= 0.6 is 11.6 Å². The number of sulfone groups is 1. The highest BCUT2D eigenvalue weighted by Gasteiger charge is 2.58. The predicted octanol–water partition coefficient (Wildman–Crippen LogP) is 4.44. The van der Waals surface area contributed by atoms with Crippen LogP contribution in [0.25, 0.3) is 0 Å². The maximum atomic E-state index is 14.0. The SMILES string of the molecule is C[C@H]1CC2C[C@@H](S(=O)(=O)c3cc(C(=O)Nc4cc(F)c(F)c(F)c4)ccc3Cl)CC1[C@@]2(O)CNC(=O)[C@@H]1C[C@H](O)CN1C(=O)OC(C)(C)C. The average Bonchev–Trinajstić information content (AvgIpc) is 3.42. The molecule has 4 N–H and O–H groups in total. The van der Waals surface area contributed by atoms with Gasteiger partial charge >= 0.3 is 6.09 Å². The summed E-state index contributed by atoms with van der Waals surface area (Å²) in [6, 6.07) is 3.65. The Balaban J connectivity index is 1.30. The molecule has 0 spiro atoms. The second-order valence-corrected chi connectivity index (χ2v) is 16.9. The summed E-state index contributed by atoms with van der Waals surface area (Å²) in [5.41, 5.74) is -2.85. The van der Waals surface area contributed by atoms with Crippen molar-refractivity contribution in [3.8, 4) is 0 Å². The molecule has 3 amide bonds. The highest BCUT2D eigenvalue weighted by atomic mass is 35.5. The first kappa shape index (κ1) is 36.9. The van der Waals surface area contributed by atoms with E-state index in [0.29, 0.717) is 18.6 Å². The van der Waals surface area contributed by atoms with E-state index in [1.807, 2.05) is 6.92 Å². The second kappa shape index (κ2) is 13.4. The summed E-state index contributed by atoms with van der Waals surface area (Å²) >= 11 is 6.32. The summed E-state index contributed by atoms with van der Waals surface area (Å²) < 4.78 is 74.0. The number of amides is 3. The molecule has 11 nitrogen and oxygen atoms in total. The molecule has 0 radical (unpaired) electrons. The van der Waals surface area contributed by atoms with E-state index < -0.39 is 85.6 Å². The van der Waals surface area contributed by atoms with E-state index in [1.165, 1.54) is 12.1 Å². The molecule has 1 aliphatic heterocycles. The lowest BCUT2D eigenvalue weighted by Crippen LogP contribution is -2.57. The van der Waals surface area contributed by atoms with Gasteiger partial charge in [0.15, 0.2) is 27.3 Å². The normalized spacial score (nSPS) is 28.3. The Kier molecular flexibility index (Phi) is 10.1. The molecule has 3 aliphatic rings. The molecular weight excluding hydrogens is 691 g/mol. The highest BCUT2D eigenvalue weighted by molar-refractivity contribution is 7.92. The van der Waals surface area contributed by atoms with E-state index in [4.69, 9.17) is 16.3 Å². The first-order valence-electron chi connectivity index (χ1n) is 15.9. The van der Waals surface area contributed by atoms with Crippen LogP contribution in [-0.4, -0.2) is 83.1 Å². The quantitative estimate of drug-likeness (QED) is 0.304. The number of rotatable bonds is 7. The fourth-order valence-corrected chi connectivity index (χ4v) is 9.76. The van der Waals surface area contributed by atoms with E-state index in [0.717, 1.165) is 11.0 Å². The van der Waals surface area contributed by atoms with Gasteiger partial charge < -0.3 is 25.6 Å². The van der Waals surface area contributed by atoms with Gasteiger partial charge in [-0.1, -0.05) is 18.5 Å². The summed E-state index contributed by atoms with van der Waals surface area (Å²) in [4.78, 5) is 39.7. The number of aliphatic hydroxyl groups is 2. The smallest absolute Gasteiger partial charge is 0.411 e. The minimum absolute atomic E-state index is 0.0113. The minimum atomic E-state index is -4.19. The van der Waals surface area contributed by atoms with Crippen LogP contribution < -0.4 is 10.6 Å². The molecule has 7 atom stereocenters. The lowest BCUT2D eigenvalue weighted by Gasteiger charge is -2.43. The molecule has 16 heteroatoms. The molecule has 2 unspecified atom stereocenters. The van der Waals surface area contributed by atoms with Crippen LogP contribution in [0, 0.1) is 35.2 Å². The zero-order valence-electron chi connectivity index (χ0n) is 27.3. The monoisotopic (exact) mass is 729 g/mol. The molecule has 2 bridgehead atoms. The molecular formula is C33H39ClF3N3O8S. The Bertz CT molecular complexity index is 1750. The lowest BCUT2D eigenvalue weighted by atomic mass is 9.73. The average molecular weight is 730 g/mol. The van der Waals surface area contributed by atoms with Crippen LogP contribution in [0.1, 0.15) is 63.7 Å². The van der Waals surface area contributed by atoms with Crippen molar-refractivity contribution in [2.24, 2.45) is 17.8 Å². The molecule has 5 rings (SSSR count). The first-order chi connectivity index (χ1) is 22.7. The maximum absolute atomic E-state index is 14.0. The van der Waals surface area contributed by atoms with Crippen molar-refractivity contribution in [2.75, 3.05) is 18.4 Å². The summed E-state index contributed by atoms with van der Waals surface area (Å²) in [6.45, 7) is 6.64. The topological polar surface area (TPSA) is 162 Å². The minimum Gasteiger partial charge on any atom is -0.444 e. The van der Waals surface area contributed by atoms with E-state index in [9.17, 15) is 46.2 Å². The van der Waals surface area contributed by atoms with Crippen LogP contribution in [0.5, 0.6) is 0 Å². The van der Waals surface area contributed by atoms with Crippen LogP contribution in [-0.2, 0) is 19.4 Å². The Morgan fingerprint density at radius 1 is 1.06 bits per heavy atom. The second-order valence-electron chi connectivity index (χ2n) is 14.3. The third-order valence-corrected chi connectivity index (χ3v) is 12.3. The zero-order chi connectivity index (χ0) is 36.2. The maximum Gasteiger partial charge on any atom is 0.411 e. The van der Waals surface area contributed by atoms with Gasteiger partial charge in [0.25, 0.3) is 5.91 Å². The van der Waals surface area contributed by atoms with Gasteiger partial charge in [0, 0.05) is 36.3 Å². The van der Waals surface area contributed by atoms with E-state index in [-0.39, 0.29) is 59.4 Å². The van der Waals surface area contributed by atoms with Gasteiger partial charge in [-0.05, 0) is 76.0 Å². The molecule has 0 aromatic heterocycles. The largest absolute Gasteiger partial charge is 0.444 e. The molecule has 2 aliphatic carbocycles. The van der Waals surface area contributed by atoms with Crippen LogP contribution in [0.3, 0.4) is 0 Å². The van der Waals surface area contributed by atoms with Gasteiger partial charge in [-0.25, -0.2) is 26.4 Å². The molecule has 49 heavy (non-hydrogen) atoms. The van der Waals surface area contributed by atoms with Crippen LogP contribution in [0.15, 0.2) is 35.2 Å². The summed E-state index contributed by atoms with van der Waals surface area (Å²) in [7, 11) is -4.19. The van der Waals surface area contributed by atoms with Crippen molar-refractivity contribution >= 4 is 45.0 Å². The number of nitrogens with zero attached hydrogens (tertiary/aromatic N) is 1. The van der Waals surface area contributed by atoms with Gasteiger partial charge in [0.05, 0.1) is 33.4 Å². The van der Waals surface area contributed by atoms with E-state index in [2.05, 4.69) is 10.6 Å². The Hall–Kier alpha value is -3.40. The third kappa shape index (κ3) is 7.40. The first-order valence-corrected chi connectivity index (χ1v) is 17.8. The molecule has 1 heterocycles. The molecule has 3 fully saturated rings. The summed E-state index contributed by atoms with van der Waals surface area (Å²) in [6.07, 6.45) is -1.16. The van der Waals surface area contributed by atoms with Gasteiger partial charge in [-0.2, -0.15) is 0 Å². The number of carbonyl (C=O) groups is 3. The number of β-amino-alcohol motifs (C(OH)–C–C–N with tert-alkyl or cyclic N) is 1. The predicted molar refractivity (Wildman–Crippen MR) is 172 cm³/mol. The van der Waals surface area contributed by atoms with Crippen molar-refractivity contribution < 1.29 is 50.9 Å². The van der Waals surface area contributed by atoms with Crippen molar-refractivity contribution in [1.29, 1.82) is 0 Å². The Labute approximate surface area is 287 Å². The third-order valence-electron chi connectivity index (χ3n) is 9.69. The Morgan fingerprint density at radius 2 is 1.71 bits per heavy atom. The number of benzene rings is 2. The number of ether oxygens (including phenoxy) is 1. The molecule has 2 aromatic rings. The van der Waals surface area contributed by atoms with E-state index >= 15 is 0 Å². The fraction of sp³-hybridized carbons (Fsp3) is 0.545. The zero-order valence-corrected chi connectivity index (χ0v) is 28.9. The number of halogens is 4. The molecule has 268 valence electrons. The van der Waals surface area contributed by atoms with Crippen molar-refractivity contribution in [3.63, 3.8) is 0 Å². The van der Waals surface area contributed by atoms with Crippen molar-refractivity contribution in [2.45, 2.75) is 86.9 Å². The molecule has 1 saturated heterocycles. The number of hydrogen-bond acceptors (Lipinski definition) is 8. The number of likely N-dealkylation sites (tertiary alicyclic amines) is 1. The summed E-state index contributed by atoms with van der Waals surface area (Å²) in [5.74, 6) is -7.43. The number of carbonyl (C=O) groups excluding carboxylic acids is 3. The number of fused-ring (bicyclic) bond motifs is 2. The Morgan fingerprint density at radius 3 is 2.33 bits per heavy atom. The van der Waals surface area contributed by atoms with Gasteiger partial charge in [0.2, 0.25) is 5.91 Å². The number of nitrogens with one attached hydrogen (secondary N) is 2. The number of aliphatic hydroxyl groups excluding tert-OH is 1. The van der Waals surface area contributed by atoms with Crippen LogP contribution in [0.2, 0.25) is 5.02 Å². The van der Waals surface area contributed by atoms with Crippen molar-refractivity contribution in [3.05, 3.63) is 58.4 Å². The van der Waals surface area contributed by atoms with Crippen molar-refractivity contribution in [1.82, 2.24) is 10.2 Å². The van der Waals surface area contributed by atoms with Crippen LogP contribution in [0.4, 0.5) is 23.7 Å². The standard InChI is InChI=1S/C33H39ClF3N3O8S/c1-16-7-18-9-21(13-22(16)33(18,45)15-38-30(43)26-12-20(41)14-40(26)31(44)48-32(2,3)4)49(46,47)27-8-17(5-6-23(27)34)29(42)39-19-10-24(35)28(37)25(36)11-19/h5-6,8,10-11,16,18,20-22,26,41,45H,7,9,12-15H2,1-4H3,(H,38,43)(H,39,42)/t16-,18?,20-,21+,22?,26-,33+/m0/s1. The molecule has 2 saturated carbocycles. The van der Waals surface area contributed by atoms with Gasteiger partial charge in [-0.3, -0.25) is 14.5 Å². The number of hydrogen-bond donors (Lipinski definition) is 4. The number of anilines is 1. The molecule has 2 aromatic carbocycles. The fourth-order valence-electron chi connectivity index (χ4n) is 7.38. The van der Waals surface area contributed by atoms with E-state index in [1.54, 1.807) is 20.8 Å². The van der Waals surface area contributed by atoms with Gasteiger partial charge in [0.1, 0.15) is 11.6 Å². The summed E-state index contributed by atoms with van der Waals surface area (Å²) in [5, 5.41) is 25.9. The van der Waals surface area contributed by atoms with Gasteiger partial charge in [-0.15, -0.1) is 0 Å². The highest BCUT2D eigenvalue weighted by Crippen LogP contribution is 2.54. The lowest BCUT2D eigenvalue weighted by molar-refractivity contribution is -0.128.